The van der Waals surface area contributed by atoms with Crippen LogP contribution < -0.4 is 15.2 Å². The number of amidine groups is 1. The second-order valence-corrected chi connectivity index (χ2v) is 3.60. The first-order chi connectivity index (χ1) is 8.17. The van der Waals surface area contributed by atoms with Crippen LogP contribution in [0.15, 0.2) is 29.4 Å². The molecule has 0 amide bonds. The molecule has 5 heteroatoms. The highest BCUT2D eigenvalue weighted by Gasteiger charge is 2.08. The van der Waals surface area contributed by atoms with Crippen LogP contribution in [-0.4, -0.2) is 23.8 Å². The molecule has 3 N–H and O–H groups in total. The molecule has 0 aromatic heterocycles. The molecule has 1 rings (SSSR count). The van der Waals surface area contributed by atoms with Crippen LogP contribution in [0.4, 0.5) is 0 Å². The van der Waals surface area contributed by atoms with E-state index in [2.05, 4.69) is 12.1 Å². The molecule has 0 spiro atoms. The predicted molar refractivity (Wildman–Crippen MR) is 65.7 cm³/mol. The lowest BCUT2D eigenvalue weighted by Crippen LogP contribution is -2.31. The Kier molecular flexibility index (Phi) is 5.13. The fourth-order valence-corrected chi connectivity index (χ4v) is 1.18. The van der Waals surface area contributed by atoms with Gasteiger partial charge < -0.3 is 20.4 Å². The Morgan fingerprint density at radius 2 is 1.94 bits per heavy atom. The lowest BCUT2D eigenvalue weighted by atomic mass is 10.3. The quantitative estimate of drug-likeness (QED) is 0.344. The van der Waals surface area contributed by atoms with Crippen molar-refractivity contribution in [2.24, 2.45) is 10.9 Å². The van der Waals surface area contributed by atoms with E-state index in [1.165, 1.54) is 0 Å². The number of ether oxygens (including phenoxy) is 2. The first-order valence-corrected chi connectivity index (χ1v) is 5.54. The Labute approximate surface area is 101 Å². The third-order valence-electron chi connectivity index (χ3n) is 2.14. The average Bonchev–Trinajstić information content (AvgIpc) is 2.37. The minimum Gasteiger partial charge on any atom is -0.494 e. The Hall–Kier alpha value is -1.91. The van der Waals surface area contributed by atoms with E-state index < -0.39 is 6.10 Å². The van der Waals surface area contributed by atoms with Gasteiger partial charge in [0.05, 0.1) is 6.61 Å². The van der Waals surface area contributed by atoms with Crippen LogP contribution in [0.25, 0.3) is 0 Å². The molecule has 1 aromatic rings. The van der Waals surface area contributed by atoms with E-state index in [0.717, 1.165) is 12.2 Å². The molecule has 0 saturated heterocycles. The van der Waals surface area contributed by atoms with Gasteiger partial charge in [0.25, 0.3) is 0 Å². The van der Waals surface area contributed by atoms with Gasteiger partial charge in [-0.3, -0.25) is 0 Å². The summed E-state index contributed by atoms with van der Waals surface area (Å²) in [6, 6.07) is 7.21. The minimum atomic E-state index is -0.470. The van der Waals surface area contributed by atoms with E-state index >= 15 is 0 Å². The Balaban J connectivity index is 2.56. The topological polar surface area (TPSA) is 77.1 Å². The number of benzene rings is 1. The first kappa shape index (κ1) is 13.2. The van der Waals surface area contributed by atoms with Crippen molar-refractivity contribution < 1.29 is 14.7 Å². The lowest BCUT2D eigenvalue weighted by molar-refractivity contribution is 0.265. The molecule has 0 bridgehead atoms. The summed E-state index contributed by atoms with van der Waals surface area (Å²) >= 11 is 0. The Morgan fingerprint density at radius 3 is 2.47 bits per heavy atom. The maximum absolute atomic E-state index is 8.49. The Morgan fingerprint density at radius 1 is 1.35 bits per heavy atom. The zero-order chi connectivity index (χ0) is 12.7. The number of oxime groups is 1. The van der Waals surface area contributed by atoms with Crippen LogP contribution in [0.5, 0.6) is 11.5 Å². The molecule has 5 nitrogen and oxygen atoms in total. The predicted octanol–water partition coefficient (Wildman–Crippen LogP) is 1.99. The molecule has 0 heterocycles. The van der Waals surface area contributed by atoms with E-state index in [0.29, 0.717) is 12.4 Å². The molecule has 1 unspecified atom stereocenters. The van der Waals surface area contributed by atoms with Crippen LogP contribution >= 0.6 is 0 Å². The highest BCUT2D eigenvalue weighted by molar-refractivity contribution is 5.84. The molecule has 0 saturated carbocycles. The van der Waals surface area contributed by atoms with Gasteiger partial charge in [0.15, 0.2) is 11.9 Å². The fraction of sp³-hybridized carbons (Fsp3) is 0.417. The molecular formula is C12H18N2O3. The molecule has 1 aromatic carbocycles. The molecule has 0 fully saturated rings. The largest absolute Gasteiger partial charge is 0.494 e. The van der Waals surface area contributed by atoms with Gasteiger partial charge in [-0.2, -0.15) is 0 Å². The Bertz CT molecular complexity index is 363. The molecule has 94 valence electrons. The highest BCUT2D eigenvalue weighted by atomic mass is 16.5. The third kappa shape index (κ3) is 4.22. The normalized spacial score (nSPS) is 13.2. The van der Waals surface area contributed by atoms with Crippen LogP contribution in [0, 0.1) is 0 Å². The van der Waals surface area contributed by atoms with Gasteiger partial charge in [-0.15, -0.1) is 0 Å². The van der Waals surface area contributed by atoms with E-state index in [9.17, 15) is 0 Å². The van der Waals surface area contributed by atoms with Crippen LogP contribution in [0.2, 0.25) is 0 Å². The van der Waals surface area contributed by atoms with Crippen LogP contribution in [0.1, 0.15) is 20.3 Å². The van der Waals surface area contributed by atoms with Gasteiger partial charge in [-0.05, 0) is 37.6 Å². The summed E-state index contributed by atoms with van der Waals surface area (Å²) in [5, 5.41) is 11.4. The zero-order valence-corrected chi connectivity index (χ0v) is 10.1. The molecule has 1 atom stereocenters. The fourth-order valence-electron chi connectivity index (χ4n) is 1.18. The van der Waals surface area contributed by atoms with Crippen molar-refractivity contribution >= 4 is 5.84 Å². The number of nitrogens with zero attached hydrogens (tertiary/aromatic N) is 1. The van der Waals surface area contributed by atoms with E-state index in [1.807, 2.05) is 12.1 Å². The molecule has 0 aliphatic heterocycles. The van der Waals surface area contributed by atoms with E-state index in [1.54, 1.807) is 19.1 Å². The lowest BCUT2D eigenvalue weighted by Gasteiger charge is -2.13. The average molecular weight is 238 g/mol. The second kappa shape index (κ2) is 6.62. The summed E-state index contributed by atoms with van der Waals surface area (Å²) in [7, 11) is 0. The summed E-state index contributed by atoms with van der Waals surface area (Å²) < 4.78 is 10.9. The number of rotatable bonds is 6. The highest BCUT2D eigenvalue weighted by Crippen LogP contribution is 2.18. The summed E-state index contributed by atoms with van der Waals surface area (Å²) in [5.74, 6) is 1.49. The van der Waals surface area contributed by atoms with Crippen molar-refractivity contribution in [1.82, 2.24) is 0 Å². The number of hydrogen-bond acceptors (Lipinski definition) is 4. The first-order valence-electron chi connectivity index (χ1n) is 5.54. The summed E-state index contributed by atoms with van der Waals surface area (Å²) in [6.45, 7) is 4.45. The molecule has 0 aliphatic rings. The van der Waals surface area contributed by atoms with Crippen molar-refractivity contribution in [1.29, 1.82) is 0 Å². The summed E-state index contributed by atoms with van der Waals surface area (Å²) in [5.41, 5.74) is 5.41. The van der Waals surface area contributed by atoms with Crippen molar-refractivity contribution in [3.05, 3.63) is 24.3 Å². The molecular weight excluding hydrogens is 220 g/mol. The van der Waals surface area contributed by atoms with Crippen molar-refractivity contribution in [3.8, 4) is 11.5 Å². The van der Waals surface area contributed by atoms with Gasteiger partial charge in [0.2, 0.25) is 0 Å². The van der Waals surface area contributed by atoms with Gasteiger partial charge in [0.1, 0.15) is 11.5 Å². The standard InChI is InChI=1S/C12H18N2O3/c1-3-8-16-10-4-6-11(7-5-10)17-9(2)12(13)14-15/h4-7,9,15H,3,8H2,1-2H3,(H2,13,14). The van der Waals surface area contributed by atoms with Crippen molar-refractivity contribution in [3.63, 3.8) is 0 Å². The second-order valence-electron chi connectivity index (χ2n) is 3.60. The SMILES string of the molecule is CCCOc1ccc(OC(C)C(N)=NO)cc1. The maximum atomic E-state index is 8.49. The van der Waals surface area contributed by atoms with Crippen LogP contribution in [-0.2, 0) is 0 Å². The van der Waals surface area contributed by atoms with Gasteiger partial charge in [-0.1, -0.05) is 12.1 Å². The number of hydrogen-bond donors (Lipinski definition) is 2. The monoisotopic (exact) mass is 238 g/mol. The zero-order valence-electron chi connectivity index (χ0n) is 10.1. The number of nitrogens with two attached hydrogens (primary N) is 1. The van der Waals surface area contributed by atoms with Crippen LogP contribution in [0.3, 0.4) is 0 Å². The third-order valence-corrected chi connectivity index (χ3v) is 2.14. The maximum Gasteiger partial charge on any atom is 0.180 e. The van der Waals surface area contributed by atoms with Gasteiger partial charge in [-0.25, -0.2) is 0 Å². The van der Waals surface area contributed by atoms with E-state index in [-0.39, 0.29) is 5.84 Å². The minimum absolute atomic E-state index is 0.0382. The molecule has 0 radical (unpaired) electrons. The van der Waals surface area contributed by atoms with E-state index in [4.69, 9.17) is 20.4 Å². The van der Waals surface area contributed by atoms with Crippen molar-refractivity contribution in [2.45, 2.75) is 26.4 Å². The summed E-state index contributed by atoms with van der Waals surface area (Å²) in [6.07, 6.45) is 0.501. The molecule has 0 aliphatic carbocycles. The van der Waals surface area contributed by atoms with Gasteiger partial charge in [0, 0.05) is 0 Å². The molecule has 17 heavy (non-hydrogen) atoms. The van der Waals surface area contributed by atoms with Gasteiger partial charge >= 0.3 is 0 Å². The van der Waals surface area contributed by atoms with Crippen molar-refractivity contribution in [2.75, 3.05) is 6.61 Å². The smallest absolute Gasteiger partial charge is 0.180 e. The summed E-state index contributed by atoms with van der Waals surface area (Å²) in [4.78, 5) is 0.